The zero-order valence-electron chi connectivity index (χ0n) is 20.8. The number of aliphatic hydroxyl groups is 1. The van der Waals surface area contributed by atoms with Gasteiger partial charge in [0, 0.05) is 31.3 Å². The minimum Gasteiger partial charge on any atom is -0.481 e. The van der Waals surface area contributed by atoms with Crippen molar-refractivity contribution in [2.45, 2.75) is 69.3 Å². The van der Waals surface area contributed by atoms with Crippen LogP contribution in [0.3, 0.4) is 0 Å². The van der Waals surface area contributed by atoms with E-state index in [1.54, 1.807) is 0 Å². The molecule has 17 nitrogen and oxygen atoms in total. The normalized spacial score (nSPS) is 14.7. The number of aliphatic carboxylic acids is 2. The molecule has 13 N–H and O–H groups in total. The summed E-state index contributed by atoms with van der Waals surface area (Å²) in [7, 11) is 0. The van der Waals surface area contributed by atoms with Gasteiger partial charge in [-0.25, -0.2) is 9.78 Å². The predicted molar refractivity (Wildman–Crippen MR) is 132 cm³/mol. The summed E-state index contributed by atoms with van der Waals surface area (Å²) < 4.78 is 0. The monoisotopic (exact) mass is 541 g/mol. The number of aliphatic hydroxyl groups excluding tert-OH is 1. The summed E-state index contributed by atoms with van der Waals surface area (Å²) in [4.78, 5) is 71.4. The molecule has 0 aromatic carbocycles. The summed E-state index contributed by atoms with van der Waals surface area (Å²) in [6.07, 6.45) is 0.848. The Morgan fingerprint density at radius 2 is 1.66 bits per heavy atom. The molecule has 1 heterocycles. The zero-order chi connectivity index (χ0) is 28.8. The third-order valence-corrected chi connectivity index (χ3v) is 5.24. The Bertz CT molecular complexity index is 979. The lowest BCUT2D eigenvalue weighted by molar-refractivity contribution is -0.145. The lowest BCUT2D eigenvalue weighted by Gasteiger charge is -2.25. The molecular weight excluding hydrogens is 506 g/mol. The number of aliphatic imine (C=N–C) groups is 1. The van der Waals surface area contributed by atoms with Crippen LogP contribution in [0.2, 0.25) is 0 Å². The molecule has 0 spiro atoms. The molecule has 1 aromatic heterocycles. The highest BCUT2D eigenvalue weighted by molar-refractivity contribution is 5.94. The van der Waals surface area contributed by atoms with Crippen molar-refractivity contribution in [2.75, 3.05) is 6.54 Å². The Morgan fingerprint density at radius 3 is 2.18 bits per heavy atom. The average Bonchev–Trinajstić information content (AvgIpc) is 3.34. The highest BCUT2D eigenvalue weighted by Crippen LogP contribution is 2.06. The predicted octanol–water partition coefficient (Wildman–Crippen LogP) is -3.88. The second-order valence-electron chi connectivity index (χ2n) is 8.46. The van der Waals surface area contributed by atoms with E-state index in [1.165, 1.54) is 12.5 Å². The van der Waals surface area contributed by atoms with Crippen molar-refractivity contribution in [3.63, 3.8) is 0 Å². The van der Waals surface area contributed by atoms with E-state index in [1.807, 2.05) is 0 Å². The maximum atomic E-state index is 13.1. The molecule has 0 aliphatic carbocycles. The molecule has 3 amide bonds. The van der Waals surface area contributed by atoms with E-state index >= 15 is 0 Å². The molecule has 0 bridgehead atoms. The topological polar surface area (TPSA) is 301 Å². The number of rotatable bonds is 17. The number of nitrogens with two attached hydrogens (primary N) is 3. The van der Waals surface area contributed by atoms with Crippen LogP contribution in [0.15, 0.2) is 17.5 Å². The first kappa shape index (κ1) is 31.8. The van der Waals surface area contributed by atoms with E-state index in [9.17, 15) is 34.2 Å². The van der Waals surface area contributed by atoms with Gasteiger partial charge in [0.15, 0.2) is 12.0 Å². The molecule has 5 atom stereocenters. The highest BCUT2D eigenvalue weighted by atomic mass is 16.4. The van der Waals surface area contributed by atoms with Crippen LogP contribution >= 0.6 is 0 Å². The first-order chi connectivity index (χ1) is 17.8. The SMILES string of the molecule is CC(O)C(NC(=O)C(CCC(=O)O)NC(=O)C(Cc1cnc[nH]1)NC(=O)C(N)CCCN=C(N)N)C(=O)O. The van der Waals surface area contributed by atoms with Gasteiger partial charge in [-0.15, -0.1) is 0 Å². The van der Waals surface area contributed by atoms with Crippen LogP contribution in [-0.4, -0.2) is 97.7 Å². The fourth-order valence-corrected chi connectivity index (χ4v) is 3.21. The highest BCUT2D eigenvalue weighted by Gasteiger charge is 2.32. The fourth-order valence-electron chi connectivity index (χ4n) is 3.21. The number of carbonyl (C=O) groups is 5. The third-order valence-electron chi connectivity index (χ3n) is 5.24. The number of carbonyl (C=O) groups excluding carboxylic acids is 3. The molecule has 17 heteroatoms. The molecule has 0 saturated carbocycles. The number of carboxylic acids is 2. The van der Waals surface area contributed by atoms with Crippen LogP contribution in [0, 0.1) is 0 Å². The number of nitrogens with zero attached hydrogens (tertiary/aromatic N) is 2. The van der Waals surface area contributed by atoms with Crippen molar-refractivity contribution >= 4 is 35.6 Å². The largest absolute Gasteiger partial charge is 0.481 e. The molecule has 1 rings (SSSR count). The van der Waals surface area contributed by atoms with Gasteiger partial charge in [0.25, 0.3) is 0 Å². The quantitative estimate of drug-likeness (QED) is 0.0514. The van der Waals surface area contributed by atoms with Crippen molar-refractivity contribution in [2.24, 2.45) is 22.2 Å². The standard InChI is InChI=1S/C21H35N9O8/c1-10(31)16(20(37)38)30-18(35)13(4-5-15(32)33)28-19(36)14(7-11-8-25-9-27-11)29-17(34)12(22)3-2-6-26-21(23)24/h8-10,12-14,16,31H,2-7,22H2,1H3,(H,25,27)(H,28,36)(H,29,34)(H,30,35)(H,32,33)(H,37,38)(H4,23,24,26). The van der Waals surface area contributed by atoms with Crippen LogP contribution < -0.4 is 33.2 Å². The number of carboxylic acid groups (broad SMARTS) is 2. The minimum absolute atomic E-state index is 0.0863. The molecule has 0 radical (unpaired) electrons. The number of guanidine groups is 1. The van der Waals surface area contributed by atoms with Gasteiger partial charge in [0.05, 0.1) is 18.5 Å². The maximum Gasteiger partial charge on any atom is 0.328 e. The lowest BCUT2D eigenvalue weighted by Crippen LogP contribution is -2.58. The van der Waals surface area contributed by atoms with Gasteiger partial charge in [-0.1, -0.05) is 0 Å². The summed E-state index contributed by atoms with van der Waals surface area (Å²) in [5, 5.41) is 34.8. The minimum atomic E-state index is -1.70. The first-order valence-electron chi connectivity index (χ1n) is 11.6. The molecule has 5 unspecified atom stereocenters. The van der Waals surface area contributed by atoms with Gasteiger partial charge in [-0.2, -0.15) is 0 Å². The summed E-state index contributed by atoms with van der Waals surface area (Å²) in [6.45, 7) is 1.38. The van der Waals surface area contributed by atoms with E-state index in [0.29, 0.717) is 12.1 Å². The Kier molecular flexibility index (Phi) is 13.2. The van der Waals surface area contributed by atoms with Gasteiger partial charge in [0.1, 0.15) is 12.1 Å². The molecule has 0 aliphatic heterocycles. The second-order valence-corrected chi connectivity index (χ2v) is 8.46. The van der Waals surface area contributed by atoms with Crippen molar-refractivity contribution < 1.29 is 39.3 Å². The van der Waals surface area contributed by atoms with Crippen molar-refractivity contribution in [1.82, 2.24) is 25.9 Å². The van der Waals surface area contributed by atoms with E-state index in [0.717, 1.165) is 6.92 Å². The number of hydrogen-bond acceptors (Lipinski definition) is 9. The van der Waals surface area contributed by atoms with Gasteiger partial charge < -0.3 is 53.5 Å². The van der Waals surface area contributed by atoms with Crippen LogP contribution in [0.5, 0.6) is 0 Å². The summed E-state index contributed by atoms with van der Waals surface area (Å²) in [6, 6.07) is -5.48. The first-order valence-corrected chi connectivity index (χ1v) is 11.6. The van der Waals surface area contributed by atoms with Gasteiger partial charge in [-0.3, -0.25) is 24.2 Å². The molecule has 38 heavy (non-hydrogen) atoms. The number of hydrogen-bond donors (Lipinski definition) is 10. The molecule has 0 saturated heterocycles. The third kappa shape index (κ3) is 11.7. The van der Waals surface area contributed by atoms with E-state index in [-0.39, 0.29) is 25.3 Å². The Morgan fingerprint density at radius 1 is 1.03 bits per heavy atom. The van der Waals surface area contributed by atoms with Crippen LogP contribution in [-0.2, 0) is 30.4 Å². The van der Waals surface area contributed by atoms with Crippen LogP contribution in [0.1, 0.15) is 38.3 Å². The van der Waals surface area contributed by atoms with Crippen molar-refractivity contribution in [1.29, 1.82) is 0 Å². The van der Waals surface area contributed by atoms with Crippen LogP contribution in [0.25, 0.3) is 0 Å². The Labute approximate surface area is 217 Å². The summed E-state index contributed by atoms with van der Waals surface area (Å²) in [5.74, 6) is -5.48. The molecule has 212 valence electrons. The zero-order valence-corrected chi connectivity index (χ0v) is 20.8. The number of amides is 3. The van der Waals surface area contributed by atoms with Crippen LogP contribution in [0.4, 0.5) is 0 Å². The maximum absolute atomic E-state index is 13.1. The Hall–Kier alpha value is -4.25. The van der Waals surface area contributed by atoms with E-state index in [4.69, 9.17) is 22.3 Å². The molecule has 0 fully saturated rings. The van der Waals surface area contributed by atoms with Gasteiger partial charge >= 0.3 is 11.9 Å². The smallest absolute Gasteiger partial charge is 0.328 e. The Balaban J connectivity index is 3.02. The van der Waals surface area contributed by atoms with Crippen molar-refractivity contribution in [3.05, 3.63) is 18.2 Å². The molecule has 0 aliphatic rings. The average molecular weight is 542 g/mol. The lowest BCUT2D eigenvalue weighted by atomic mass is 10.1. The van der Waals surface area contributed by atoms with E-state index < -0.39 is 72.8 Å². The number of aromatic nitrogens is 2. The van der Waals surface area contributed by atoms with Crippen molar-refractivity contribution in [3.8, 4) is 0 Å². The molecular formula is C21H35N9O8. The van der Waals surface area contributed by atoms with Gasteiger partial charge in [0.2, 0.25) is 17.7 Å². The van der Waals surface area contributed by atoms with Gasteiger partial charge in [-0.05, 0) is 26.2 Å². The number of aromatic amines is 1. The summed E-state index contributed by atoms with van der Waals surface area (Å²) in [5.41, 5.74) is 16.9. The number of nitrogens with one attached hydrogen (secondary N) is 4. The second kappa shape index (κ2) is 15.8. The number of imidazole rings is 1. The fraction of sp³-hybridized carbons (Fsp3) is 0.571. The summed E-state index contributed by atoms with van der Waals surface area (Å²) >= 11 is 0. The molecule has 1 aromatic rings. The van der Waals surface area contributed by atoms with E-state index in [2.05, 4.69) is 30.9 Å². The number of H-pyrrole nitrogens is 1.